The van der Waals surface area contributed by atoms with Crippen LogP contribution >= 0.6 is 0 Å². The molecule has 0 saturated heterocycles. The highest BCUT2D eigenvalue weighted by molar-refractivity contribution is 5.86. The first kappa shape index (κ1) is 9.24. The highest BCUT2D eigenvalue weighted by Gasteiger charge is 2.38. The fourth-order valence-electron chi connectivity index (χ4n) is 1.71. The van der Waals surface area contributed by atoms with Gasteiger partial charge in [0.25, 0.3) is 0 Å². The van der Waals surface area contributed by atoms with Crippen LogP contribution in [0.5, 0.6) is 0 Å². The summed E-state index contributed by atoms with van der Waals surface area (Å²) in [5, 5.41) is 0. The molecule has 0 saturated carbocycles. The standard InChI is InChI=1S/C11H16O/c1-8-6-5-7-9(2)11(8,4)10(3)12/h5,7,9H,1,6H2,2-4H3. The van der Waals surface area contributed by atoms with Crippen molar-refractivity contribution in [1.29, 1.82) is 0 Å². The second-order valence-corrected chi connectivity index (χ2v) is 3.78. The van der Waals surface area contributed by atoms with E-state index in [9.17, 15) is 4.79 Å². The molecule has 1 heteroatoms. The first-order chi connectivity index (χ1) is 5.49. The van der Waals surface area contributed by atoms with Crippen molar-refractivity contribution in [3.8, 4) is 0 Å². The van der Waals surface area contributed by atoms with E-state index in [4.69, 9.17) is 0 Å². The maximum atomic E-state index is 11.4. The summed E-state index contributed by atoms with van der Waals surface area (Å²) in [4.78, 5) is 11.4. The summed E-state index contributed by atoms with van der Waals surface area (Å²) >= 11 is 0. The van der Waals surface area contributed by atoms with Crippen LogP contribution in [-0.2, 0) is 4.79 Å². The quantitative estimate of drug-likeness (QED) is 0.544. The number of carbonyl (C=O) groups excluding carboxylic acids is 1. The van der Waals surface area contributed by atoms with Crippen molar-refractivity contribution in [2.45, 2.75) is 27.2 Å². The Labute approximate surface area is 74.2 Å². The monoisotopic (exact) mass is 164 g/mol. The summed E-state index contributed by atoms with van der Waals surface area (Å²) in [5.41, 5.74) is 0.722. The lowest BCUT2D eigenvalue weighted by atomic mass is 9.66. The normalized spacial score (nSPS) is 35.2. The molecule has 2 unspecified atom stereocenters. The highest BCUT2D eigenvalue weighted by Crippen LogP contribution is 2.41. The third-order valence-corrected chi connectivity index (χ3v) is 3.17. The Bertz CT molecular complexity index is 250. The molecule has 66 valence electrons. The largest absolute Gasteiger partial charge is 0.299 e. The number of hydrogen-bond acceptors (Lipinski definition) is 1. The van der Waals surface area contributed by atoms with Gasteiger partial charge in [-0.1, -0.05) is 31.2 Å². The molecule has 0 bridgehead atoms. The lowest BCUT2D eigenvalue weighted by Crippen LogP contribution is -2.35. The molecule has 2 atom stereocenters. The summed E-state index contributed by atoms with van der Waals surface area (Å²) in [7, 11) is 0. The Morgan fingerprint density at radius 1 is 1.75 bits per heavy atom. The molecule has 0 fully saturated rings. The third-order valence-electron chi connectivity index (χ3n) is 3.17. The van der Waals surface area contributed by atoms with Crippen LogP contribution in [0.1, 0.15) is 27.2 Å². The van der Waals surface area contributed by atoms with Crippen molar-refractivity contribution >= 4 is 5.78 Å². The molecule has 0 aromatic carbocycles. The van der Waals surface area contributed by atoms with Gasteiger partial charge in [-0.05, 0) is 26.2 Å². The minimum atomic E-state index is -0.325. The van der Waals surface area contributed by atoms with E-state index in [0.29, 0.717) is 0 Å². The Balaban J connectivity index is 3.07. The predicted molar refractivity (Wildman–Crippen MR) is 50.8 cm³/mol. The molecule has 12 heavy (non-hydrogen) atoms. The van der Waals surface area contributed by atoms with Crippen LogP contribution in [0.15, 0.2) is 24.3 Å². The van der Waals surface area contributed by atoms with Gasteiger partial charge in [0.2, 0.25) is 0 Å². The van der Waals surface area contributed by atoms with E-state index < -0.39 is 0 Å². The first-order valence-corrected chi connectivity index (χ1v) is 4.35. The van der Waals surface area contributed by atoms with E-state index in [1.807, 2.05) is 6.92 Å². The van der Waals surface area contributed by atoms with Crippen LogP contribution in [0.3, 0.4) is 0 Å². The number of hydrogen-bond donors (Lipinski definition) is 0. The fraction of sp³-hybridized carbons (Fsp3) is 0.545. The van der Waals surface area contributed by atoms with Crippen LogP contribution < -0.4 is 0 Å². The molecule has 0 aromatic heterocycles. The molecule has 1 nitrogen and oxygen atoms in total. The Morgan fingerprint density at radius 2 is 2.33 bits per heavy atom. The van der Waals surface area contributed by atoms with Gasteiger partial charge in [0.05, 0.1) is 5.41 Å². The summed E-state index contributed by atoms with van der Waals surface area (Å²) < 4.78 is 0. The van der Waals surface area contributed by atoms with Gasteiger partial charge >= 0.3 is 0 Å². The number of Topliss-reactive ketones (excluding diaryl/α,β-unsaturated/α-hetero) is 1. The predicted octanol–water partition coefficient (Wildman–Crippen LogP) is 2.73. The van der Waals surface area contributed by atoms with E-state index in [1.54, 1.807) is 6.92 Å². The van der Waals surface area contributed by atoms with Crippen molar-refractivity contribution in [2.75, 3.05) is 0 Å². The van der Waals surface area contributed by atoms with Gasteiger partial charge in [0.15, 0.2) is 0 Å². The molecule has 0 aliphatic heterocycles. The molecule has 0 amide bonds. The highest BCUT2D eigenvalue weighted by atomic mass is 16.1. The average molecular weight is 164 g/mol. The van der Waals surface area contributed by atoms with Crippen LogP contribution in [0.2, 0.25) is 0 Å². The Hall–Kier alpha value is -0.850. The summed E-state index contributed by atoms with van der Waals surface area (Å²) in [6, 6.07) is 0. The number of rotatable bonds is 1. The van der Waals surface area contributed by atoms with Gasteiger partial charge in [-0.3, -0.25) is 4.79 Å². The molecule has 1 aliphatic carbocycles. The van der Waals surface area contributed by atoms with Crippen molar-refractivity contribution in [1.82, 2.24) is 0 Å². The smallest absolute Gasteiger partial charge is 0.140 e. The Morgan fingerprint density at radius 3 is 2.67 bits per heavy atom. The lowest BCUT2D eigenvalue weighted by molar-refractivity contribution is -0.125. The van der Waals surface area contributed by atoms with Gasteiger partial charge in [-0.25, -0.2) is 0 Å². The molecule has 1 rings (SSSR count). The minimum absolute atomic E-state index is 0.226. The molecule has 0 N–H and O–H groups in total. The molecular weight excluding hydrogens is 148 g/mol. The summed E-state index contributed by atoms with van der Waals surface area (Å²) in [6.07, 6.45) is 5.05. The van der Waals surface area contributed by atoms with E-state index in [1.165, 1.54) is 0 Å². The maximum Gasteiger partial charge on any atom is 0.140 e. The SMILES string of the molecule is C=C1CC=CC(C)C1(C)C(C)=O. The van der Waals surface area contributed by atoms with Crippen molar-refractivity contribution in [2.24, 2.45) is 11.3 Å². The minimum Gasteiger partial charge on any atom is -0.299 e. The van der Waals surface area contributed by atoms with Crippen molar-refractivity contribution in [3.63, 3.8) is 0 Å². The second-order valence-electron chi connectivity index (χ2n) is 3.78. The number of carbonyl (C=O) groups is 1. The Kier molecular flexibility index (Phi) is 2.22. The third kappa shape index (κ3) is 1.13. The topological polar surface area (TPSA) is 17.1 Å². The number of ketones is 1. The molecular formula is C11H16O. The first-order valence-electron chi connectivity index (χ1n) is 4.35. The van der Waals surface area contributed by atoms with Gasteiger partial charge in [-0.2, -0.15) is 0 Å². The van der Waals surface area contributed by atoms with E-state index in [0.717, 1.165) is 12.0 Å². The molecule has 1 aliphatic rings. The summed E-state index contributed by atoms with van der Waals surface area (Å²) in [6.45, 7) is 9.68. The van der Waals surface area contributed by atoms with E-state index in [2.05, 4.69) is 25.7 Å². The van der Waals surface area contributed by atoms with Crippen LogP contribution in [0.25, 0.3) is 0 Å². The fourth-order valence-corrected chi connectivity index (χ4v) is 1.71. The van der Waals surface area contributed by atoms with Crippen LogP contribution in [-0.4, -0.2) is 5.78 Å². The van der Waals surface area contributed by atoms with E-state index in [-0.39, 0.29) is 17.1 Å². The lowest BCUT2D eigenvalue weighted by Gasteiger charge is -2.36. The maximum absolute atomic E-state index is 11.4. The zero-order chi connectivity index (χ0) is 9.35. The van der Waals surface area contributed by atoms with Gasteiger partial charge in [0, 0.05) is 0 Å². The molecule has 0 radical (unpaired) electrons. The zero-order valence-corrected chi connectivity index (χ0v) is 8.05. The second kappa shape index (κ2) is 2.89. The van der Waals surface area contributed by atoms with Crippen LogP contribution in [0.4, 0.5) is 0 Å². The van der Waals surface area contributed by atoms with Gasteiger partial charge in [-0.15, -0.1) is 0 Å². The summed E-state index contributed by atoms with van der Waals surface area (Å²) in [5.74, 6) is 0.514. The van der Waals surface area contributed by atoms with Gasteiger partial charge < -0.3 is 0 Å². The van der Waals surface area contributed by atoms with Crippen molar-refractivity contribution in [3.05, 3.63) is 24.3 Å². The number of allylic oxidation sites excluding steroid dienone is 3. The molecule has 0 heterocycles. The van der Waals surface area contributed by atoms with Crippen molar-refractivity contribution < 1.29 is 4.79 Å². The van der Waals surface area contributed by atoms with Crippen LogP contribution in [0, 0.1) is 11.3 Å². The zero-order valence-electron chi connectivity index (χ0n) is 8.05. The van der Waals surface area contributed by atoms with Gasteiger partial charge in [0.1, 0.15) is 5.78 Å². The van der Waals surface area contributed by atoms with E-state index >= 15 is 0 Å². The average Bonchev–Trinajstić information content (AvgIpc) is 1.99. The molecule has 0 spiro atoms. The molecule has 0 aromatic rings.